The fourth-order valence-corrected chi connectivity index (χ4v) is 2.80. The van der Waals surface area contributed by atoms with E-state index >= 15 is 0 Å². The van der Waals surface area contributed by atoms with Gasteiger partial charge >= 0.3 is 0 Å². The third kappa shape index (κ3) is 1.18. The first-order chi connectivity index (χ1) is 5.83. The quantitative estimate of drug-likeness (QED) is 0.718. The van der Waals surface area contributed by atoms with E-state index in [0.29, 0.717) is 6.54 Å². The summed E-state index contributed by atoms with van der Waals surface area (Å²) in [6.45, 7) is 3.59. The summed E-state index contributed by atoms with van der Waals surface area (Å²) in [5.41, 5.74) is 8.48. The standard InChI is InChI=1S/C9H13NOS/c1-6-5-12-9-7(6)2-3-11-8(9)4-10/h5,8H,2-4,10H2,1H3/t8-/m1/s1. The van der Waals surface area contributed by atoms with Crippen LogP contribution in [0.15, 0.2) is 5.38 Å². The largest absolute Gasteiger partial charge is 0.371 e. The molecule has 12 heavy (non-hydrogen) atoms. The maximum absolute atomic E-state index is 5.61. The lowest BCUT2D eigenvalue weighted by molar-refractivity contribution is 0.0514. The van der Waals surface area contributed by atoms with Gasteiger partial charge in [-0.15, -0.1) is 11.3 Å². The Labute approximate surface area is 76.3 Å². The molecule has 0 aromatic carbocycles. The maximum atomic E-state index is 5.61. The van der Waals surface area contributed by atoms with Crippen LogP contribution in [0.5, 0.6) is 0 Å². The van der Waals surface area contributed by atoms with Gasteiger partial charge in [-0.05, 0) is 29.9 Å². The fraction of sp³-hybridized carbons (Fsp3) is 0.556. The minimum absolute atomic E-state index is 0.160. The SMILES string of the molecule is Cc1csc2c1CCO[C@@H]2CN. The molecule has 0 spiro atoms. The van der Waals surface area contributed by atoms with Gasteiger partial charge in [-0.3, -0.25) is 0 Å². The molecule has 1 aliphatic rings. The van der Waals surface area contributed by atoms with E-state index in [1.54, 1.807) is 11.3 Å². The van der Waals surface area contributed by atoms with E-state index in [0.717, 1.165) is 13.0 Å². The van der Waals surface area contributed by atoms with Gasteiger partial charge in [-0.25, -0.2) is 0 Å². The number of thiophene rings is 1. The summed E-state index contributed by atoms with van der Waals surface area (Å²) in [7, 11) is 0. The summed E-state index contributed by atoms with van der Waals surface area (Å²) in [5, 5.41) is 2.20. The van der Waals surface area contributed by atoms with Crippen LogP contribution in [0.3, 0.4) is 0 Å². The smallest absolute Gasteiger partial charge is 0.104 e. The molecule has 0 radical (unpaired) electrons. The first kappa shape index (κ1) is 8.23. The van der Waals surface area contributed by atoms with E-state index in [-0.39, 0.29) is 6.10 Å². The summed E-state index contributed by atoms with van der Waals surface area (Å²) < 4.78 is 5.55. The number of rotatable bonds is 1. The second-order valence-corrected chi connectivity index (χ2v) is 4.02. The van der Waals surface area contributed by atoms with E-state index in [9.17, 15) is 0 Å². The second kappa shape index (κ2) is 3.17. The molecule has 2 nitrogen and oxygen atoms in total. The molecule has 2 heterocycles. The molecule has 0 saturated heterocycles. The lowest BCUT2D eigenvalue weighted by Gasteiger charge is -2.22. The Morgan fingerprint density at radius 1 is 1.75 bits per heavy atom. The zero-order valence-corrected chi connectivity index (χ0v) is 7.99. The molecule has 0 aliphatic carbocycles. The minimum Gasteiger partial charge on any atom is -0.371 e. The van der Waals surface area contributed by atoms with Crippen molar-refractivity contribution in [2.24, 2.45) is 5.73 Å². The fourth-order valence-electron chi connectivity index (χ4n) is 1.63. The molecule has 1 aromatic heterocycles. The van der Waals surface area contributed by atoms with E-state index < -0.39 is 0 Å². The lowest BCUT2D eigenvalue weighted by atomic mass is 10.0. The Bertz CT molecular complexity index is 282. The van der Waals surface area contributed by atoms with E-state index in [1.165, 1.54) is 16.0 Å². The molecule has 0 amide bonds. The van der Waals surface area contributed by atoms with Crippen molar-refractivity contribution in [3.05, 3.63) is 21.4 Å². The number of aryl methyl sites for hydroxylation is 1. The van der Waals surface area contributed by atoms with Crippen LogP contribution in [0, 0.1) is 6.92 Å². The van der Waals surface area contributed by atoms with E-state index in [4.69, 9.17) is 10.5 Å². The molecule has 3 heteroatoms. The van der Waals surface area contributed by atoms with Crippen molar-refractivity contribution in [2.45, 2.75) is 19.4 Å². The van der Waals surface area contributed by atoms with Gasteiger partial charge in [0.05, 0.1) is 6.61 Å². The molecule has 2 rings (SSSR count). The van der Waals surface area contributed by atoms with Crippen molar-refractivity contribution >= 4 is 11.3 Å². The third-order valence-corrected chi connectivity index (χ3v) is 3.55. The van der Waals surface area contributed by atoms with E-state index in [2.05, 4.69) is 12.3 Å². The van der Waals surface area contributed by atoms with Gasteiger partial charge in [0.15, 0.2) is 0 Å². The van der Waals surface area contributed by atoms with Crippen LogP contribution < -0.4 is 5.73 Å². The van der Waals surface area contributed by atoms with Crippen LogP contribution in [-0.2, 0) is 11.2 Å². The first-order valence-corrected chi connectivity index (χ1v) is 5.09. The van der Waals surface area contributed by atoms with Gasteiger partial charge in [-0.1, -0.05) is 0 Å². The molecular weight excluding hydrogens is 170 g/mol. The number of hydrogen-bond acceptors (Lipinski definition) is 3. The number of fused-ring (bicyclic) bond motifs is 1. The van der Waals surface area contributed by atoms with Gasteiger partial charge in [0.1, 0.15) is 6.10 Å². The third-order valence-electron chi connectivity index (χ3n) is 2.31. The molecule has 1 aromatic rings. The molecule has 0 unspecified atom stereocenters. The lowest BCUT2D eigenvalue weighted by Crippen LogP contribution is -2.21. The average Bonchev–Trinajstić information content (AvgIpc) is 2.48. The number of nitrogens with two attached hydrogens (primary N) is 1. The molecule has 2 N–H and O–H groups in total. The Hall–Kier alpha value is -0.380. The van der Waals surface area contributed by atoms with Crippen molar-refractivity contribution < 1.29 is 4.74 Å². The van der Waals surface area contributed by atoms with Gasteiger partial charge in [-0.2, -0.15) is 0 Å². The van der Waals surface area contributed by atoms with Gasteiger partial charge in [0.25, 0.3) is 0 Å². The zero-order chi connectivity index (χ0) is 8.55. The Morgan fingerprint density at radius 3 is 3.33 bits per heavy atom. The highest BCUT2D eigenvalue weighted by Gasteiger charge is 2.22. The van der Waals surface area contributed by atoms with E-state index in [1.807, 2.05) is 0 Å². The zero-order valence-electron chi connectivity index (χ0n) is 7.17. The molecule has 0 bridgehead atoms. The topological polar surface area (TPSA) is 35.2 Å². The van der Waals surface area contributed by atoms with Gasteiger partial charge in [0.2, 0.25) is 0 Å². The van der Waals surface area contributed by atoms with Crippen LogP contribution in [0.1, 0.15) is 22.1 Å². The Kier molecular flexibility index (Phi) is 2.17. The average molecular weight is 183 g/mol. The molecule has 1 atom stereocenters. The van der Waals surface area contributed by atoms with Crippen molar-refractivity contribution in [1.82, 2.24) is 0 Å². The maximum Gasteiger partial charge on any atom is 0.104 e. The van der Waals surface area contributed by atoms with Crippen LogP contribution in [0.25, 0.3) is 0 Å². The van der Waals surface area contributed by atoms with Gasteiger partial charge < -0.3 is 10.5 Å². The number of hydrogen-bond donors (Lipinski definition) is 1. The molecular formula is C9H13NOS. The highest BCUT2D eigenvalue weighted by molar-refractivity contribution is 7.10. The van der Waals surface area contributed by atoms with Gasteiger partial charge in [0, 0.05) is 11.4 Å². The molecule has 66 valence electrons. The van der Waals surface area contributed by atoms with Crippen molar-refractivity contribution in [1.29, 1.82) is 0 Å². The normalized spacial score (nSPS) is 22.3. The Morgan fingerprint density at radius 2 is 2.58 bits per heavy atom. The summed E-state index contributed by atoms with van der Waals surface area (Å²) in [5.74, 6) is 0. The molecule has 0 saturated carbocycles. The summed E-state index contributed by atoms with van der Waals surface area (Å²) in [6, 6.07) is 0. The first-order valence-electron chi connectivity index (χ1n) is 4.21. The molecule has 0 fully saturated rings. The highest BCUT2D eigenvalue weighted by atomic mass is 32.1. The highest BCUT2D eigenvalue weighted by Crippen LogP contribution is 2.33. The summed E-state index contributed by atoms with van der Waals surface area (Å²) in [6.07, 6.45) is 1.22. The van der Waals surface area contributed by atoms with Crippen molar-refractivity contribution in [3.8, 4) is 0 Å². The van der Waals surface area contributed by atoms with Crippen LogP contribution in [0.2, 0.25) is 0 Å². The monoisotopic (exact) mass is 183 g/mol. The summed E-state index contributed by atoms with van der Waals surface area (Å²) >= 11 is 1.78. The predicted molar refractivity (Wildman–Crippen MR) is 50.5 cm³/mol. The predicted octanol–water partition coefficient (Wildman–Crippen LogP) is 1.63. The Balaban J connectivity index is 2.38. The van der Waals surface area contributed by atoms with Crippen molar-refractivity contribution in [3.63, 3.8) is 0 Å². The minimum atomic E-state index is 0.160. The summed E-state index contributed by atoms with van der Waals surface area (Å²) in [4.78, 5) is 1.35. The number of ether oxygens (including phenoxy) is 1. The second-order valence-electron chi connectivity index (χ2n) is 3.11. The molecule has 1 aliphatic heterocycles. The van der Waals surface area contributed by atoms with Crippen LogP contribution in [-0.4, -0.2) is 13.2 Å². The van der Waals surface area contributed by atoms with Crippen LogP contribution >= 0.6 is 11.3 Å². The van der Waals surface area contributed by atoms with Crippen molar-refractivity contribution in [2.75, 3.05) is 13.2 Å². The van der Waals surface area contributed by atoms with Crippen LogP contribution in [0.4, 0.5) is 0 Å².